The second-order valence-corrected chi connectivity index (χ2v) is 7.18. The third-order valence-corrected chi connectivity index (χ3v) is 4.34. The van der Waals surface area contributed by atoms with Gasteiger partial charge in [-0.3, -0.25) is 4.98 Å². The van der Waals surface area contributed by atoms with Gasteiger partial charge in [-0.05, 0) is 30.5 Å². The number of sulfonamides is 1. The summed E-state index contributed by atoms with van der Waals surface area (Å²) in [4.78, 5) is 15.2. The molecule has 0 spiro atoms. The van der Waals surface area contributed by atoms with Gasteiger partial charge in [-0.25, -0.2) is 17.9 Å². The normalized spacial score (nSPS) is 12.8. The first-order valence-electron chi connectivity index (χ1n) is 6.94. The van der Waals surface area contributed by atoms with Crippen molar-refractivity contribution < 1.29 is 18.3 Å². The molecule has 2 rings (SSSR count). The minimum atomic E-state index is -3.28. The lowest BCUT2D eigenvalue weighted by atomic mass is 9.97. The number of aromatic nitrogens is 1. The molecule has 6 nitrogen and oxygen atoms in total. The van der Waals surface area contributed by atoms with Crippen molar-refractivity contribution in [2.45, 2.75) is 19.9 Å². The van der Waals surface area contributed by atoms with E-state index in [2.05, 4.69) is 9.71 Å². The van der Waals surface area contributed by atoms with E-state index in [1.807, 2.05) is 24.3 Å². The van der Waals surface area contributed by atoms with Crippen LogP contribution >= 0.6 is 0 Å². The summed E-state index contributed by atoms with van der Waals surface area (Å²) in [6.07, 6.45) is 4.06. The average molecular weight is 334 g/mol. The van der Waals surface area contributed by atoms with Crippen molar-refractivity contribution in [3.8, 4) is 11.1 Å². The van der Waals surface area contributed by atoms with Gasteiger partial charge in [-0.1, -0.05) is 24.3 Å². The van der Waals surface area contributed by atoms with Crippen molar-refractivity contribution in [2.75, 3.05) is 6.26 Å². The zero-order valence-corrected chi connectivity index (χ0v) is 13.9. The van der Waals surface area contributed by atoms with Gasteiger partial charge in [0, 0.05) is 24.0 Å². The molecule has 2 N–H and O–H groups in total. The summed E-state index contributed by atoms with van der Waals surface area (Å²) in [5, 5.41) is 9.16. The number of carboxylic acid groups (broad SMARTS) is 1. The minimum Gasteiger partial charge on any atom is -0.478 e. The Bertz CT molecular complexity index is 830. The smallest absolute Gasteiger partial charge is 0.337 e. The minimum absolute atomic E-state index is 0.165. The van der Waals surface area contributed by atoms with Crippen LogP contribution in [0.15, 0.2) is 36.7 Å². The summed E-state index contributed by atoms with van der Waals surface area (Å²) in [7, 11) is -3.28. The van der Waals surface area contributed by atoms with Crippen LogP contribution < -0.4 is 4.72 Å². The molecule has 1 aromatic carbocycles. The van der Waals surface area contributed by atoms with Crippen molar-refractivity contribution in [3.63, 3.8) is 0 Å². The number of benzene rings is 1. The summed E-state index contributed by atoms with van der Waals surface area (Å²) >= 11 is 0. The summed E-state index contributed by atoms with van der Waals surface area (Å²) in [5.74, 6) is -1.01. The largest absolute Gasteiger partial charge is 0.478 e. The Labute approximate surface area is 135 Å². The molecule has 122 valence electrons. The summed E-state index contributed by atoms with van der Waals surface area (Å²) in [5.41, 5.74) is 3.19. The van der Waals surface area contributed by atoms with E-state index in [0.29, 0.717) is 5.56 Å². The lowest BCUT2D eigenvalue weighted by molar-refractivity contribution is 0.0695. The molecular weight excluding hydrogens is 316 g/mol. The first-order chi connectivity index (χ1) is 10.7. The van der Waals surface area contributed by atoms with Crippen LogP contribution in [0.25, 0.3) is 11.1 Å². The number of nitrogens with zero attached hydrogens (tertiary/aromatic N) is 1. The molecule has 0 aliphatic carbocycles. The molecule has 0 saturated carbocycles. The zero-order valence-electron chi connectivity index (χ0n) is 13.1. The van der Waals surface area contributed by atoms with E-state index in [-0.39, 0.29) is 11.6 Å². The predicted octanol–water partition coefficient (Wildman–Crippen LogP) is 2.37. The molecule has 1 atom stereocenters. The van der Waals surface area contributed by atoms with E-state index in [4.69, 9.17) is 5.11 Å². The summed E-state index contributed by atoms with van der Waals surface area (Å²) < 4.78 is 25.1. The van der Waals surface area contributed by atoms with Gasteiger partial charge >= 0.3 is 5.97 Å². The zero-order chi connectivity index (χ0) is 17.2. The third-order valence-electron chi connectivity index (χ3n) is 3.56. The Morgan fingerprint density at radius 3 is 2.35 bits per heavy atom. The molecule has 0 aliphatic heterocycles. The Morgan fingerprint density at radius 2 is 1.83 bits per heavy atom. The Kier molecular flexibility index (Phi) is 4.82. The van der Waals surface area contributed by atoms with Crippen molar-refractivity contribution in [1.82, 2.24) is 9.71 Å². The number of hydrogen-bond donors (Lipinski definition) is 2. The summed E-state index contributed by atoms with van der Waals surface area (Å²) in [6, 6.07) is 6.93. The van der Waals surface area contributed by atoms with Crippen LogP contribution in [0.2, 0.25) is 0 Å². The van der Waals surface area contributed by atoms with Crippen LogP contribution in [-0.4, -0.2) is 30.7 Å². The number of aromatic carboxylic acids is 1. The molecule has 7 heteroatoms. The fourth-order valence-electron chi connectivity index (χ4n) is 2.37. The molecule has 0 unspecified atom stereocenters. The van der Waals surface area contributed by atoms with Gasteiger partial charge in [0.1, 0.15) is 0 Å². The van der Waals surface area contributed by atoms with Crippen molar-refractivity contribution in [3.05, 3.63) is 53.3 Å². The van der Waals surface area contributed by atoms with E-state index < -0.39 is 16.0 Å². The van der Waals surface area contributed by atoms with Crippen LogP contribution in [0.3, 0.4) is 0 Å². The number of rotatable bonds is 5. The van der Waals surface area contributed by atoms with Crippen molar-refractivity contribution in [1.29, 1.82) is 0 Å². The molecule has 0 amide bonds. The molecule has 2 aromatic rings. The molecule has 1 aromatic heterocycles. The highest BCUT2D eigenvalue weighted by molar-refractivity contribution is 7.88. The number of hydrogen-bond acceptors (Lipinski definition) is 4. The topological polar surface area (TPSA) is 96.4 Å². The monoisotopic (exact) mass is 334 g/mol. The van der Waals surface area contributed by atoms with Gasteiger partial charge in [0.25, 0.3) is 0 Å². The molecule has 0 saturated heterocycles. The van der Waals surface area contributed by atoms with Crippen LogP contribution in [0.5, 0.6) is 0 Å². The fourth-order valence-corrected chi connectivity index (χ4v) is 3.15. The quantitative estimate of drug-likeness (QED) is 0.875. The Hall–Kier alpha value is -2.25. The van der Waals surface area contributed by atoms with Gasteiger partial charge in [-0.15, -0.1) is 0 Å². The second kappa shape index (κ2) is 6.47. The SMILES string of the molecule is Cc1c(C(=O)O)cncc1-c1ccc([C@H](C)NS(C)(=O)=O)cc1. The van der Waals surface area contributed by atoms with Gasteiger partial charge in [-0.2, -0.15) is 0 Å². The van der Waals surface area contributed by atoms with Gasteiger partial charge in [0.05, 0.1) is 11.8 Å². The maximum atomic E-state index is 11.3. The molecular formula is C16H18N2O4S. The highest BCUT2D eigenvalue weighted by atomic mass is 32.2. The molecule has 23 heavy (non-hydrogen) atoms. The van der Waals surface area contributed by atoms with Gasteiger partial charge in [0.2, 0.25) is 10.0 Å². The second-order valence-electron chi connectivity index (χ2n) is 5.40. The van der Waals surface area contributed by atoms with E-state index in [9.17, 15) is 13.2 Å². The maximum absolute atomic E-state index is 11.3. The van der Waals surface area contributed by atoms with Gasteiger partial charge in [0.15, 0.2) is 0 Å². The number of carboxylic acids is 1. The van der Waals surface area contributed by atoms with Crippen molar-refractivity contribution in [2.24, 2.45) is 0 Å². The lowest BCUT2D eigenvalue weighted by Crippen LogP contribution is -2.25. The predicted molar refractivity (Wildman–Crippen MR) is 87.8 cm³/mol. The number of nitrogens with one attached hydrogen (secondary N) is 1. The third kappa shape index (κ3) is 4.14. The number of pyridine rings is 1. The number of carbonyl (C=O) groups is 1. The van der Waals surface area contributed by atoms with Crippen LogP contribution in [0, 0.1) is 6.92 Å². The average Bonchev–Trinajstić information content (AvgIpc) is 2.45. The molecule has 0 radical (unpaired) electrons. The summed E-state index contributed by atoms with van der Waals surface area (Å²) in [6.45, 7) is 3.50. The van der Waals surface area contributed by atoms with Crippen LogP contribution in [0.1, 0.15) is 34.5 Å². The van der Waals surface area contributed by atoms with E-state index in [1.54, 1.807) is 20.0 Å². The Balaban J connectivity index is 2.34. The van der Waals surface area contributed by atoms with Gasteiger partial charge < -0.3 is 5.11 Å². The standard InChI is InChI=1S/C16H18N2O4S/c1-10-14(8-17-9-15(10)16(19)20)13-6-4-12(5-7-13)11(2)18-23(3,21)22/h4-9,11,18H,1-3H3,(H,19,20)/t11-/m0/s1. The first-order valence-corrected chi connectivity index (χ1v) is 8.83. The van der Waals surface area contributed by atoms with E-state index in [1.165, 1.54) is 6.20 Å². The highest BCUT2D eigenvalue weighted by Gasteiger charge is 2.14. The lowest BCUT2D eigenvalue weighted by Gasteiger charge is -2.14. The van der Waals surface area contributed by atoms with Crippen LogP contribution in [0.4, 0.5) is 0 Å². The molecule has 0 fully saturated rings. The van der Waals surface area contributed by atoms with Crippen molar-refractivity contribution >= 4 is 16.0 Å². The molecule has 0 bridgehead atoms. The van der Waals surface area contributed by atoms with E-state index in [0.717, 1.165) is 22.9 Å². The maximum Gasteiger partial charge on any atom is 0.337 e. The molecule has 0 aliphatic rings. The Morgan fingerprint density at radius 1 is 1.22 bits per heavy atom. The van der Waals surface area contributed by atoms with Crippen LogP contribution in [-0.2, 0) is 10.0 Å². The molecule has 1 heterocycles. The highest BCUT2D eigenvalue weighted by Crippen LogP contribution is 2.26. The van der Waals surface area contributed by atoms with E-state index >= 15 is 0 Å². The fraction of sp³-hybridized carbons (Fsp3) is 0.250. The first kappa shape index (κ1) is 17.1.